The molecule has 1 saturated carbocycles. The summed E-state index contributed by atoms with van der Waals surface area (Å²) in [5.41, 5.74) is 9.32. The summed E-state index contributed by atoms with van der Waals surface area (Å²) in [6.45, 7) is 0. The van der Waals surface area contributed by atoms with Gasteiger partial charge in [0.15, 0.2) is 0 Å². The Hall–Kier alpha value is -1.50. The number of allylic oxidation sites excluding steroid dienone is 4. The molecule has 0 radical (unpaired) electrons. The van der Waals surface area contributed by atoms with Crippen molar-refractivity contribution in [3.05, 3.63) is 48.1 Å². The lowest BCUT2D eigenvalue weighted by Gasteiger charge is -2.09. The van der Waals surface area contributed by atoms with E-state index in [1.165, 1.54) is 17.6 Å². The van der Waals surface area contributed by atoms with Crippen molar-refractivity contribution in [3.63, 3.8) is 0 Å². The van der Waals surface area contributed by atoms with Crippen LogP contribution < -0.4 is 5.73 Å². The summed E-state index contributed by atoms with van der Waals surface area (Å²) in [5.74, 6) is 1.59. The average Bonchev–Trinajstić information content (AvgIpc) is 2.97. The molecular weight excluding hydrogens is 170 g/mol. The minimum atomic E-state index is 0.781. The van der Waals surface area contributed by atoms with Gasteiger partial charge in [-0.25, -0.2) is 0 Å². The van der Waals surface area contributed by atoms with Crippen LogP contribution >= 0.6 is 0 Å². The van der Waals surface area contributed by atoms with Gasteiger partial charge in [-0.1, -0.05) is 30.4 Å². The zero-order valence-electron chi connectivity index (χ0n) is 7.98. The van der Waals surface area contributed by atoms with E-state index < -0.39 is 0 Å². The van der Waals surface area contributed by atoms with Crippen molar-refractivity contribution in [2.45, 2.75) is 6.42 Å². The van der Waals surface area contributed by atoms with Gasteiger partial charge in [-0.3, -0.25) is 0 Å². The van der Waals surface area contributed by atoms with Crippen LogP contribution in [0.3, 0.4) is 0 Å². The van der Waals surface area contributed by atoms with Crippen LogP contribution in [0.15, 0.2) is 42.5 Å². The third-order valence-electron chi connectivity index (χ3n) is 3.12. The molecule has 70 valence electrons. The summed E-state index contributed by atoms with van der Waals surface area (Å²) in [6, 6.07) is 8.20. The Morgan fingerprint density at radius 2 is 1.93 bits per heavy atom. The molecule has 14 heavy (non-hydrogen) atoms. The molecule has 0 aliphatic heterocycles. The lowest BCUT2D eigenvalue weighted by Crippen LogP contribution is -1.92. The molecule has 1 nitrogen and oxygen atoms in total. The summed E-state index contributed by atoms with van der Waals surface area (Å²) >= 11 is 0. The van der Waals surface area contributed by atoms with E-state index in [0.29, 0.717) is 0 Å². The standard InChI is InChI=1S/C13H13N/c14-11-6-4-9(5-7-11)12-3-1-2-10-8-13(10)12/h1-7,10,13H,8,14H2. The van der Waals surface area contributed by atoms with Crippen molar-refractivity contribution in [3.8, 4) is 0 Å². The smallest absolute Gasteiger partial charge is 0.0314 e. The van der Waals surface area contributed by atoms with E-state index in [1.807, 2.05) is 12.1 Å². The van der Waals surface area contributed by atoms with E-state index in [9.17, 15) is 0 Å². The molecule has 1 fully saturated rings. The molecule has 0 amide bonds. The molecule has 0 aromatic heterocycles. The van der Waals surface area contributed by atoms with Gasteiger partial charge in [-0.15, -0.1) is 0 Å². The van der Waals surface area contributed by atoms with E-state index >= 15 is 0 Å². The molecule has 1 aromatic carbocycles. The summed E-state index contributed by atoms with van der Waals surface area (Å²) in [5, 5.41) is 0. The second-order valence-electron chi connectivity index (χ2n) is 4.13. The van der Waals surface area contributed by atoms with Gasteiger partial charge in [0.05, 0.1) is 0 Å². The first-order valence-corrected chi connectivity index (χ1v) is 5.09. The number of benzene rings is 1. The zero-order chi connectivity index (χ0) is 9.54. The third kappa shape index (κ3) is 1.17. The van der Waals surface area contributed by atoms with Crippen LogP contribution in [0, 0.1) is 11.8 Å². The fourth-order valence-electron chi connectivity index (χ4n) is 2.20. The van der Waals surface area contributed by atoms with Crippen LogP contribution in [0.4, 0.5) is 5.69 Å². The van der Waals surface area contributed by atoms with Crippen molar-refractivity contribution in [1.82, 2.24) is 0 Å². The quantitative estimate of drug-likeness (QED) is 0.666. The molecule has 0 heterocycles. The summed E-state index contributed by atoms with van der Waals surface area (Å²) in [7, 11) is 0. The van der Waals surface area contributed by atoms with Crippen LogP contribution in [0.1, 0.15) is 12.0 Å². The normalized spacial score (nSPS) is 28.1. The molecule has 3 rings (SSSR count). The maximum absolute atomic E-state index is 5.67. The third-order valence-corrected chi connectivity index (χ3v) is 3.12. The number of hydrogen-bond acceptors (Lipinski definition) is 1. The van der Waals surface area contributed by atoms with Crippen LogP contribution in [0.5, 0.6) is 0 Å². The fourth-order valence-corrected chi connectivity index (χ4v) is 2.20. The van der Waals surface area contributed by atoms with Gasteiger partial charge in [-0.2, -0.15) is 0 Å². The fraction of sp³-hybridized carbons (Fsp3) is 0.231. The Labute approximate surface area is 83.9 Å². The van der Waals surface area contributed by atoms with Crippen molar-refractivity contribution >= 4 is 11.3 Å². The maximum Gasteiger partial charge on any atom is 0.0314 e. The van der Waals surface area contributed by atoms with Crippen molar-refractivity contribution in [2.24, 2.45) is 11.8 Å². The number of nitrogens with two attached hydrogens (primary N) is 1. The summed E-state index contributed by atoms with van der Waals surface area (Å²) in [6.07, 6.45) is 8.05. The Morgan fingerprint density at radius 1 is 1.14 bits per heavy atom. The second-order valence-corrected chi connectivity index (χ2v) is 4.13. The minimum absolute atomic E-state index is 0.781. The highest BCUT2D eigenvalue weighted by atomic mass is 14.5. The number of nitrogen functional groups attached to an aromatic ring is 1. The first-order chi connectivity index (χ1) is 6.84. The lowest BCUT2D eigenvalue weighted by molar-refractivity contribution is 0.999. The Balaban J connectivity index is 1.99. The predicted octanol–water partition coefficient (Wildman–Crippen LogP) is 2.86. The lowest BCUT2D eigenvalue weighted by atomic mass is 9.97. The van der Waals surface area contributed by atoms with Gasteiger partial charge in [-0.05, 0) is 41.5 Å². The molecule has 0 saturated heterocycles. The maximum atomic E-state index is 5.67. The van der Waals surface area contributed by atoms with E-state index in [4.69, 9.17) is 5.73 Å². The topological polar surface area (TPSA) is 26.0 Å². The zero-order valence-corrected chi connectivity index (χ0v) is 7.98. The Morgan fingerprint density at radius 3 is 2.71 bits per heavy atom. The van der Waals surface area contributed by atoms with E-state index in [1.54, 1.807) is 0 Å². The number of anilines is 1. The van der Waals surface area contributed by atoms with Gasteiger partial charge >= 0.3 is 0 Å². The van der Waals surface area contributed by atoms with E-state index in [2.05, 4.69) is 30.4 Å². The number of fused-ring (bicyclic) bond motifs is 1. The predicted molar refractivity (Wildman–Crippen MR) is 59.6 cm³/mol. The van der Waals surface area contributed by atoms with Crippen molar-refractivity contribution < 1.29 is 0 Å². The molecule has 0 bridgehead atoms. The molecule has 2 aliphatic carbocycles. The van der Waals surface area contributed by atoms with Crippen LogP contribution in [-0.4, -0.2) is 0 Å². The number of rotatable bonds is 1. The average molecular weight is 183 g/mol. The van der Waals surface area contributed by atoms with E-state index in [-0.39, 0.29) is 0 Å². The Bertz CT molecular complexity index is 411. The monoisotopic (exact) mass is 183 g/mol. The van der Waals surface area contributed by atoms with Gasteiger partial charge in [0, 0.05) is 5.69 Å². The van der Waals surface area contributed by atoms with Gasteiger partial charge < -0.3 is 5.73 Å². The summed E-state index contributed by atoms with van der Waals surface area (Å²) in [4.78, 5) is 0. The van der Waals surface area contributed by atoms with Gasteiger partial charge in [0.25, 0.3) is 0 Å². The van der Waals surface area contributed by atoms with Crippen LogP contribution in [-0.2, 0) is 0 Å². The molecule has 0 spiro atoms. The second kappa shape index (κ2) is 2.74. The largest absolute Gasteiger partial charge is 0.399 e. The minimum Gasteiger partial charge on any atom is -0.399 e. The molecule has 2 unspecified atom stereocenters. The van der Waals surface area contributed by atoms with Gasteiger partial charge in [0.2, 0.25) is 0 Å². The van der Waals surface area contributed by atoms with Crippen molar-refractivity contribution in [2.75, 3.05) is 5.73 Å². The SMILES string of the molecule is Nc1ccc(C2=CC=CC3CC23)cc1. The number of hydrogen-bond donors (Lipinski definition) is 1. The van der Waals surface area contributed by atoms with E-state index in [0.717, 1.165) is 17.5 Å². The molecule has 2 N–H and O–H groups in total. The molecular formula is C13H13N. The van der Waals surface area contributed by atoms with Crippen LogP contribution in [0.25, 0.3) is 5.57 Å². The molecule has 2 atom stereocenters. The molecule has 1 heteroatoms. The van der Waals surface area contributed by atoms with Gasteiger partial charge in [0.1, 0.15) is 0 Å². The first kappa shape index (κ1) is 7.86. The summed E-state index contributed by atoms with van der Waals surface area (Å²) < 4.78 is 0. The highest BCUT2D eigenvalue weighted by Crippen LogP contribution is 2.50. The molecule has 1 aromatic rings. The highest BCUT2D eigenvalue weighted by Gasteiger charge is 2.39. The van der Waals surface area contributed by atoms with Crippen molar-refractivity contribution in [1.29, 1.82) is 0 Å². The molecule has 2 aliphatic rings. The Kier molecular flexibility index (Phi) is 1.54. The highest BCUT2D eigenvalue weighted by molar-refractivity contribution is 5.73. The van der Waals surface area contributed by atoms with Crippen LogP contribution in [0.2, 0.25) is 0 Å². The first-order valence-electron chi connectivity index (χ1n) is 5.09.